The fraction of sp³-hybridized carbons (Fsp3) is 0.435. The lowest BCUT2D eigenvalue weighted by atomic mass is 9.96. The van der Waals surface area contributed by atoms with Gasteiger partial charge in [0.05, 0.1) is 23.4 Å². The minimum Gasteiger partial charge on any atom is -0.349 e. The van der Waals surface area contributed by atoms with Crippen LogP contribution in [0.2, 0.25) is 0 Å². The molecule has 0 bridgehead atoms. The number of carbonyl (C=O) groups is 1. The van der Waals surface area contributed by atoms with Crippen LogP contribution in [0.5, 0.6) is 0 Å². The van der Waals surface area contributed by atoms with Crippen molar-refractivity contribution in [2.45, 2.75) is 46.2 Å². The van der Waals surface area contributed by atoms with Gasteiger partial charge in [0.25, 0.3) is 0 Å². The highest BCUT2D eigenvalue weighted by atomic mass is 32.1. The molecule has 2 unspecified atom stereocenters. The quantitative estimate of drug-likeness (QED) is 0.631. The highest BCUT2D eigenvalue weighted by Crippen LogP contribution is 2.24. The lowest BCUT2D eigenvalue weighted by Gasteiger charge is -2.31. The molecule has 2 aromatic heterocycles. The normalized spacial score (nSPS) is 18.3. The maximum absolute atomic E-state index is 12.9. The van der Waals surface area contributed by atoms with Crippen LogP contribution in [0.3, 0.4) is 0 Å². The molecule has 1 aliphatic rings. The number of hydrogen-bond acceptors (Lipinski definition) is 6. The van der Waals surface area contributed by atoms with Crippen molar-refractivity contribution in [1.82, 2.24) is 20.4 Å². The largest absolute Gasteiger partial charge is 0.349 e. The minimum atomic E-state index is -0.0209. The van der Waals surface area contributed by atoms with E-state index in [1.54, 1.807) is 11.3 Å². The van der Waals surface area contributed by atoms with E-state index in [0.717, 1.165) is 29.8 Å². The van der Waals surface area contributed by atoms with Crippen molar-refractivity contribution in [2.24, 2.45) is 5.92 Å². The second-order valence-electron chi connectivity index (χ2n) is 8.14. The zero-order valence-electron chi connectivity index (χ0n) is 17.7. The van der Waals surface area contributed by atoms with E-state index in [2.05, 4.69) is 52.4 Å². The number of thiophene rings is 1. The lowest BCUT2D eigenvalue weighted by Crippen LogP contribution is -2.43. The van der Waals surface area contributed by atoms with Crippen molar-refractivity contribution >= 4 is 17.2 Å². The Hall–Kier alpha value is -2.51. The summed E-state index contributed by atoms with van der Waals surface area (Å²) < 4.78 is 5.43. The first-order valence-corrected chi connectivity index (χ1v) is 11.3. The summed E-state index contributed by atoms with van der Waals surface area (Å²) in [5.74, 6) is 1.33. The number of likely N-dealkylation sites (tertiary alicyclic amines) is 1. The van der Waals surface area contributed by atoms with Gasteiger partial charge in [0.2, 0.25) is 17.6 Å². The number of rotatable bonds is 6. The number of piperidine rings is 1. The third kappa shape index (κ3) is 4.79. The number of nitrogens with zero attached hydrogens (tertiary/aromatic N) is 3. The first-order valence-electron chi connectivity index (χ1n) is 10.5. The standard InChI is InChI=1S/C23H28N4O2S/c1-15-8-9-18(12-16(15)2)17(3)24-23(28)19-6-4-10-27(13-19)14-21-25-22(26-29-21)20-7-5-11-30-20/h5,7-9,11-12,17,19H,4,6,10,13-14H2,1-3H3,(H,24,28). The molecule has 1 aromatic carbocycles. The van der Waals surface area contributed by atoms with Gasteiger partial charge in [0.1, 0.15) is 0 Å². The summed E-state index contributed by atoms with van der Waals surface area (Å²) in [5.41, 5.74) is 3.66. The molecule has 0 spiro atoms. The van der Waals surface area contributed by atoms with Crippen molar-refractivity contribution in [3.63, 3.8) is 0 Å². The van der Waals surface area contributed by atoms with Crippen LogP contribution in [0.15, 0.2) is 40.2 Å². The molecule has 1 saturated heterocycles. The Morgan fingerprint density at radius 2 is 2.20 bits per heavy atom. The fourth-order valence-electron chi connectivity index (χ4n) is 3.88. The lowest BCUT2D eigenvalue weighted by molar-refractivity contribution is -0.127. The smallest absolute Gasteiger partial charge is 0.241 e. The molecule has 1 amide bonds. The molecular formula is C23H28N4O2S. The molecule has 0 aliphatic carbocycles. The third-order valence-corrected chi connectivity index (χ3v) is 6.70. The van der Waals surface area contributed by atoms with Crippen molar-refractivity contribution in [1.29, 1.82) is 0 Å². The van der Waals surface area contributed by atoms with Crippen LogP contribution in [0.4, 0.5) is 0 Å². The van der Waals surface area contributed by atoms with E-state index in [-0.39, 0.29) is 17.9 Å². The highest BCUT2D eigenvalue weighted by Gasteiger charge is 2.28. The minimum absolute atomic E-state index is 0.00327. The number of hydrogen-bond donors (Lipinski definition) is 1. The zero-order valence-corrected chi connectivity index (χ0v) is 18.5. The average Bonchev–Trinajstić information content (AvgIpc) is 3.42. The van der Waals surface area contributed by atoms with Crippen LogP contribution in [0.25, 0.3) is 10.7 Å². The van der Waals surface area contributed by atoms with Crippen LogP contribution >= 0.6 is 11.3 Å². The number of carbonyl (C=O) groups excluding carboxylic acids is 1. The molecule has 1 fully saturated rings. The second-order valence-corrected chi connectivity index (χ2v) is 9.08. The van der Waals surface area contributed by atoms with E-state index in [1.807, 2.05) is 24.4 Å². The van der Waals surface area contributed by atoms with Gasteiger partial charge < -0.3 is 9.84 Å². The van der Waals surface area contributed by atoms with E-state index in [4.69, 9.17) is 4.52 Å². The first-order chi connectivity index (χ1) is 14.5. The van der Waals surface area contributed by atoms with Crippen molar-refractivity contribution in [3.05, 3.63) is 58.3 Å². The van der Waals surface area contributed by atoms with Gasteiger partial charge in [-0.05, 0) is 68.3 Å². The van der Waals surface area contributed by atoms with Gasteiger partial charge >= 0.3 is 0 Å². The molecule has 6 nitrogen and oxygen atoms in total. The summed E-state index contributed by atoms with van der Waals surface area (Å²) in [6.07, 6.45) is 1.90. The average molecular weight is 425 g/mol. The van der Waals surface area contributed by atoms with Crippen LogP contribution in [0, 0.1) is 19.8 Å². The van der Waals surface area contributed by atoms with Crippen molar-refractivity contribution in [3.8, 4) is 10.7 Å². The summed E-state index contributed by atoms with van der Waals surface area (Å²) in [5, 5.41) is 9.28. The molecule has 3 aromatic rings. The SMILES string of the molecule is Cc1ccc(C(C)NC(=O)C2CCCN(Cc3nc(-c4cccs4)no3)C2)cc1C. The van der Waals surface area contributed by atoms with Crippen LogP contribution in [-0.2, 0) is 11.3 Å². The summed E-state index contributed by atoms with van der Waals surface area (Å²) in [7, 11) is 0. The number of aryl methyl sites for hydroxylation is 2. The maximum atomic E-state index is 12.9. The van der Waals surface area contributed by atoms with Crippen molar-refractivity contribution < 1.29 is 9.32 Å². The van der Waals surface area contributed by atoms with E-state index < -0.39 is 0 Å². The highest BCUT2D eigenvalue weighted by molar-refractivity contribution is 7.13. The second kappa shape index (κ2) is 9.10. The maximum Gasteiger partial charge on any atom is 0.241 e. The van der Waals surface area contributed by atoms with Crippen molar-refractivity contribution in [2.75, 3.05) is 13.1 Å². The van der Waals surface area contributed by atoms with Crippen LogP contribution in [0.1, 0.15) is 48.4 Å². The predicted molar refractivity (Wildman–Crippen MR) is 118 cm³/mol. The number of nitrogens with one attached hydrogen (secondary N) is 1. The Labute approximate surface area is 181 Å². The van der Waals surface area contributed by atoms with Gasteiger partial charge in [0, 0.05) is 6.54 Å². The molecule has 30 heavy (non-hydrogen) atoms. The van der Waals surface area contributed by atoms with E-state index in [9.17, 15) is 4.79 Å². The Morgan fingerprint density at radius 1 is 1.33 bits per heavy atom. The zero-order chi connectivity index (χ0) is 21.1. The number of aromatic nitrogens is 2. The van der Waals surface area contributed by atoms with E-state index in [1.165, 1.54) is 11.1 Å². The van der Waals surface area contributed by atoms with Gasteiger partial charge in [0.15, 0.2) is 0 Å². The Kier molecular flexibility index (Phi) is 6.29. The summed E-state index contributed by atoms with van der Waals surface area (Å²) in [6.45, 7) is 8.48. The van der Waals surface area contributed by atoms with Gasteiger partial charge in [-0.2, -0.15) is 4.98 Å². The summed E-state index contributed by atoms with van der Waals surface area (Å²) in [6, 6.07) is 10.3. The van der Waals surface area contributed by atoms with E-state index >= 15 is 0 Å². The van der Waals surface area contributed by atoms with Gasteiger partial charge in [-0.1, -0.05) is 29.4 Å². The Bertz CT molecular complexity index is 999. The number of benzene rings is 1. The molecule has 7 heteroatoms. The van der Waals surface area contributed by atoms with Crippen LogP contribution < -0.4 is 5.32 Å². The Balaban J connectivity index is 1.34. The topological polar surface area (TPSA) is 71.3 Å². The molecule has 1 N–H and O–H groups in total. The summed E-state index contributed by atoms with van der Waals surface area (Å²) in [4.78, 5) is 20.7. The molecule has 0 radical (unpaired) electrons. The molecule has 3 heterocycles. The molecule has 4 rings (SSSR count). The van der Waals surface area contributed by atoms with Crippen LogP contribution in [-0.4, -0.2) is 34.0 Å². The van der Waals surface area contributed by atoms with Gasteiger partial charge in [-0.3, -0.25) is 9.69 Å². The van der Waals surface area contributed by atoms with E-state index in [0.29, 0.717) is 24.8 Å². The monoisotopic (exact) mass is 424 g/mol. The molecule has 0 saturated carbocycles. The number of amides is 1. The predicted octanol–water partition coefficient (Wildman–Crippen LogP) is 4.50. The first kappa shape index (κ1) is 20.8. The molecule has 1 aliphatic heterocycles. The molecular weight excluding hydrogens is 396 g/mol. The summed E-state index contributed by atoms with van der Waals surface area (Å²) >= 11 is 1.59. The molecule has 2 atom stereocenters. The molecule has 158 valence electrons. The Morgan fingerprint density at radius 3 is 2.97 bits per heavy atom. The fourth-order valence-corrected chi connectivity index (χ4v) is 4.53. The third-order valence-electron chi connectivity index (χ3n) is 5.83. The van der Waals surface area contributed by atoms with Gasteiger partial charge in [-0.25, -0.2) is 0 Å². The van der Waals surface area contributed by atoms with Gasteiger partial charge in [-0.15, -0.1) is 11.3 Å².